The summed E-state index contributed by atoms with van der Waals surface area (Å²) in [4.78, 5) is 13.1. The Kier molecular flexibility index (Phi) is 3.47. The first-order valence-electron chi connectivity index (χ1n) is 10.1. The molecular weight excluding hydrogens is 324 g/mol. The Labute approximate surface area is 154 Å². The van der Waals surface area contributed by atoms with E-state index in [-0.39, 0.29) is 11.3 Å². The molecule has 0 radical (unpaired) electrons. The number of rotatable bonds is 3. The van der Waals surface area contributed by atoms with Gasteiger partial charge < -0.3 is 0 Å². The number of aromatic nitrogens is 4. The highest BCUT2D eigenvalue weighted by Gasteiger charge is 2.53. The van der Waals surface area contributed by atoms with Crippen LogP contribution in [0.3, 0.4) is 0 Å². The second-order valence-corrected chi connectivity index (χ2v) is 8.99. The minimum absolute atomic E-state index is 0.0547. The van der Waals surface area contributed by atoms with E-state index in [2.05, 4.69) is 18.9 Å². The third-order valence-electron chi connectivity index (χ3n) is 7.29. The molecule has 6 rings (SSSR count). The summed E-state index contributed by atoms with van der Waals surface area (Å²) in [5.41, 5.74) is 4.38. The van der Waals surface area contributed by atoms with Gasteiger partial charge in [-0.15, -0.1) is 0 Å². The predicted octanol–water partition coefficient (Wildman–Crippen LogP) is 3.87. The molecule has 26 heavy (non-hydrogen) atoms. The maximum atomic E-state index is 13.1. The van der Waals surface area contributed by atoms with Gasteiger partial charge in [0.05, 0.1) is 5.69 Å². The molecular formula is C21H28N4O. The van der Waals surface area contributed by atoms with Crippen molar-refractivity contribution >= 4 is 5.91 Å². The van der Waals surface area contributed by atoms with Crippen LogP contribution >= 0.6 is 0 Å². The maximum absolute atomic E-state index is 13.1. The van der Waals surface area contributed by atoms with E-state index in [9.17, 15) is 4.79 Å². The first-order valence-corrected chi connectivity index (χ1v) is 10.1. The highest BCUT2D eigenvalue weighted by Crippen LogP contribution is 2.61. The minimum Gasteiger partial charge on any atom is -0.265 e. The fourth-order valence-electron chi connectivity index (χ4n) is 6.90. The molecule has 0 aromatic carbocycles. The van der Waals surface area contributed by atoms with E-state index in [4.69, 9.17) is 5.10 Å². The van der Waals surface area contributed by atoms with Crippen molar-refractivity contribution < 1.29 is 4.79 Å². The molecule has 0 atom stereocenters. The average Bonchev–Trinajstić information content (AvgIpc) is 3.17. The molecule has 2 heterocycles. The lowest BCUT2D eigenvalue weighted by Gasteiger charge is -2.57. The van der Waals surface area contributed by atoms with Crippen molar-refractivity contribution in [3.05, 3.63) is 34.9 Å². The quantitative estimate of drug-likeness (QED) is 0.842. The lowest BCUT2D eigenvalue weighted by atomic mass is 9.48. The fourth-order valence-corrected chi connectivity index (χ4v) is 6.90. The average molecular weight is 352 g/mol. The van der Waals surface area contributed by atoms with Gasteiger partial charge in [0.15, 0.2) is 0 Å². The zero-order chi connectivity index (χ0) is 18.1. The maximum Gasteiger partial charge on any atom is 0.296 e. The molecule has 0 unspecified atom stereocenters. The predicted molar refractivity (Wildman–Crippen MR) is 99.2 cm³/mol. The van der Waals surface area contributed by atoms with Crippen LogP contribution in [0.15, 0.2) is 12.3 Å². The van der Waals surface area contributed by atoms with Crippen LogP contribution in [0.25, 0.3) is 0 Å². The van der Waals surface area contributed by atoms with E-state index >= 15 is 0 Å². The Hall–Kier alpha value is -1.91. The van der Waals surface area contributed by atoms with Gasteiger partial charge in [-0.05, 0) is 88.5 Å². The van der Waals surface area contributed by atoms with Crippen LogP contribution in [0.4, 0.5) is 0 Å². The SMILES string of the molecule is CCn1nccc1C(=O)n1nc(C)c(C23CC4CC(CC(C4)C2)C3)c1C. The Morgan fingerprint density at radius 1 is 1.15 bits per heavy atom. The molecule has 0 saturated heterocycles. The van der Waals surface area contributed by atoms with E-state index in [1.807, 2.05) is 6.92 Å². The summed E-state index contributed by atoms with van der Waals surface area (Å²) >= 11 is 0. The third kappa shape index (κ3) is 2.18. The van der Waals surface area contributed by atoms with Gasteiger partial charge in [0, 0.05) is 24.0 Å². The topological polar surface area (TPSA) is 52.7 Å². The van der Waals surface area contributed by atoms with Crippen LogP contribution in [0.5, 0.6) is 0 Å². The number of carbonyl (C=O) groups excluding carboxylic acids is 1. The molecule has 138 valence electrons. The third-order valence-corrected chi connectivity index (χ3v) is 7.29. The van der Waals surface area contributed by atoms with Crippen LogP contribution in [-0.2, 0) is 12.0 Å². The molecule has 4 fully saturated rings. The summed E-state index contributed by atoms with van der Waals surface area (Å²) < 4.78 is 3.40. The van der Waals surface area contributed by atoms with Gasteiger partial charge in [-0.25, -0.2) is 0 Å². The van der Waals surface area contributed by atoms with Crippen LogP contribution in [0, 0.1) is 31.6 Å². The van der Waals surface area contributed by atoms with Gasteiger partial charge in [0.1, 0.15) is 5.69 Å². The molecule has 4 bridgehead atoms. The summed E-state index contributed by atoms with van der Waals surface area (Å²) in [6, 6.07) is 1.80. The Morgan fingerprint density at radius 2 is 1.77 bits per heavy atom. The molecule has 4 aliphatic carbocycles. The van der Waals surface area contributed by atoms with Gasteiger partial charge in [0.2, 0.25) is 0 Å². The zero-order valence-corrected chi connectivity index (χ0v) is 16.0. The molecule has 0 amide bonds. The largest absolute Gasteiger partial charge is 0.296 e. The van der Waals surface area contributed by atoms with E-state index < -0.39 is 0 Å². The number of carbonyl (C=O) groups is 1. The van der Waals surface area contributed by atoms with Crippen molar-refractivity contribution in [2.75, 3.05) is 0 Å². The highest BCUT2D eigenvalue weighted by molar-refractivity contribution is 5.94. The monoisotopic (exact) mass is 352 g/mol. The van der Waals surface area contributed by atoms with Gasteiger partial charge in [0.25, 0.3) is 5.91 Å². The Morgan fingerprint density at radius 3 is 2.35 bits per heavy atom. The number of hydrogen-bond donors (Lipinski definition) is 0. The molecule has 4 saturated carbocycles. The van der Waals surface area contributed by atoms with Crippen LogP contribution in [0.2, 0.25) is 0 Å². The van der Waals surface area contributed by atoms with E-state index in [1.54, 1.807) is 21.6 Å². The van der Waals surface area contributed by atoms with Gasteiger partial charge in [-0.2, -0.15) is 14.9 Å². The summed E-state index contributed by atoms with van der Waals surface area (Å²) in [6.45, 7) is 6.89. The number of aryl methyl sites for hydroxylation is 2. The second-order valence-electron chi connectivity index (χ2n) is 8.99. The first kappa shape index (κ1) is 16.3. The summed E-state index contributed by atoms with van der Waals surface area (Å²) in [7, 11) is 0. The van der Waals surface area contributed by atoms with Crippen molar-refractivity contribution in [3.8, 4) is 0 Å². The molecule has 0 spiro atoms. The van der Waals surface area contributed by atoms with Crippen LogP contribution < -0.4 is 0 Å². The summed E-state index contributed by atoms with van der Waals surface area (Å²) in [6.07, 6.45) is 9.89. The van der Waals surface area contributed by atoms with Gasteiger partial charge >= 0.3 is 0 Å². The Balaban J connectivity index is 1.57. The molecule has 5 nitrogen and oxygen atoms in total. The van der Waals surface area contributed by atoms with Crippen molar-refractivity contribution in [1.29, 1.82) is 0 Å². The summed E-state index contributed by atoms with van der Waals surface area (Å²) in [5.74, 6) is 2.61. The number of hydrogen-bond acceptors (Lipinski definition) is 3. The van der Waals surface area contributed by atoms with Crippen LogP contribution in [-0.4, -0.2) is 25.5 Å². The van der Waals surface area contributed by atoms with Gasteiger partial charge in [-0.1, -0.05) is 0 Å². The van der Waals surface area contributed by atoms with E-state index in [0.717, 1.165) is 29.1 Å². The lowest BCUT2D eigenvalue weighted by molar-refractivity contribution is -0.00576. The van der Waals surface area contributed by atoms with Crippen molar-refractivity contribution in [2.24, 2.45) is 17.8 Å². The number of nitrogens with zero attached hydrogens (tertiary/aromatic N) is 4. The smallest absolute Gasteiger partial charge is 0.265 e. The fraction of sp³-hybridized carbons (Fsp3) is 0.667. The first-order chi connectivity index (χ1) is 12.5. The van der Waals surface area contributed by atoms with E-state index in [1.165, 1.54) is 44.1 Å². The molecule has 0 N–H and O–H groups in total. The molecule has 5 heteroatoms. The van der Waals surface area contributed by atoms with Crippen molar-refractivity contribution in [1.82, 2.24) is 19.6 Å². The molecule has 2 aromatic rings. The summed E-state index contributed by atoms with van der Waals surface area (Å²) in [5, 5.41) is 8.97. The Bertz CT molecular complexity index is 839. The van der Waals surface area contributed by atoms with Crippen LogP contribution in [0.1, 0.15) is 72.9 Å². The minimum atomic E-state index is -0.0547. The van der Waals surface area contributed by atoms with Gasteiger partial charge in [-0.3, -0.25) is 9.48 Å². The standard InChI is InChI=1S/C21H28N4O/c1-4-24-18(5-6-22-24)20(26)25-14(3)19(13(2)23-25)21-10-15-7-16(11-21)9-17(8-15)12-21/h5-6,15-17H,4,7-12H2,1-3H3. The highest BCUT2D eigenvalue weighted by atomic mass is 16.2. The van der Waals surface area contributed by atoms with Crippen molar-refractivity contribution in [3.63, 3.8) is 0 Å². The lowest BCUT2D eigenvalue weighted by Crippen LogP contribution is -2.49. The van der Waals surface area contributed by atoms with Crippen molar-refractivity contribution in [2.45, 2.75) is 71.3 Å². The normalized spacial score (nSPS) is 32.3. The van der Waals surface area contributed by atoms with E-state index in [0.29, 0.717) is 12.2 Å². The molecule has 4 aliphatic rings. The second kappa shape index (κ2) is 5.54. The molecule has 2 aromatic heterocycles. The zero-order valence-electron chi connectivity index (χ0n) is 16.0. The molecule has 0 aliphatic heterocycles.